The lowest BCUT2D eigenvalue weighted by Gasteiger charge is -2.36. The third-order valence-corrected chi connectivity index (χ3v) is 4.14. The van der Waals surface area contributed by atoms with E-state index < -0.39 is 0 Å². The first-order valence-corrected chi connectivity index (χ1v) is 6.75. The fraction of sp³-hybridized carbons (Fsp3) is 0.923. The van der Waals surface area contributed by atoms with E-state index in [0.717, 1.165) is 25.6 Å². The SMILES string of the molecule is CC(=O)N1CCNCC1CCC1CCCC1. The highest BCUT2D eigenvalue weighted by Crippen LogP contribution is 2.29. The van der Waals surface area contributed by atoms with E-state index in [0.29, 0.717) is 6.04 Å². The molecule has 0 aromatic carbocycles. The minimum Gasteiger partial charge on any atom is -0.337 e. The zero-order valence-electron chi connectivity index (χ0n) is 10.4. The average molecular weight is 224 g/mol. The van der Waals surface area contributed by atoms with Gasteiger partial charge in [0.2, 0.25) is 5.91 Å². The quantitative estimate of drug-likeness (QED) is 0.792. The maximum absolute atomic E-state index is 11.5. The van der Waals surface area contributed by atoms with Crippen molar-refractivity contribution in [1.82, 2.24) is 10.2 Å². The maximum Gasteiger partial charge on any atom is 0.219 e. The molecule has 1 saturated carbocycles. The molecule has 1 heterocycles. The van der Waals surface area contributed by atoms with Crippen molar-refractivity contribution in [2.75, 3.05) is 19.6 Å². The summed E-state index contributed by atoms with van der Waals surface area (Å²) in [6.45, 7) is 4.55. The van der Waals surface area contributed by atoms with Gasteiger partial charge in [-0.2, -0.15) is 0 Å². The molecule has 0 bridgehead atoms. The molecule has 1 aliphatic carbocycles. The Hall–Kier alpha value is -0.570. The Balaban J connectivity index is 1.78. The molecule has 1 saturated heterocycles. The second-order valence-corrected chi connectivity index (χ2v) is 5.30. The Labute approximate surface area is 98.6 Å². The molecule has 1 atom stereocenters. The Morgan fingerprint density at radius 1 is 1.31 bits per heavy atom. The average Bonchev–Trinajstić information content (AvgIpc) is 2.79. The molecule has 92 valence electrons. The van der Waals surface area contributed by atoms with Gasteiger partial charge in [-0.05, 0) is 18.8 Å². The first kappa shape index (κ1) is 11.9. The molecule has 2 rings (SSSR count). The van der Waals surface area contributed by atoms with Gasteiger partial charge in [-0.3, -0.25) is 4.79 Å². The van der Waals surface area contributed by atoms with Gasteiger partial charge in [0.25, 0.3) is 0 Å². The van der Waals surface area contributed by atoms with Crippen molar-refractivity contribution in [3.8, 4) is 0 Å². The Kier molecular flexibility index (Phi) is 4.22. The van der Waals surface area contributed by atoms with Gasteiger partial charge < -0.3 is 10.2 Å². The van der Waals surface area contributed by atoms with E-state index in [4.69, 9.17) is 0 Å². The molecular weight excluding hydrogens is 200 g/mol. The molecule has 1 amide bonds. The van der Waals surface area contributed by atoms with Gasteiger partial charge in [0.1, 0.15) is 0 Å². The molecule has 3 heteroatoms. The molecule has 0 aromatic rings. The Morgan fingerprint density at radius 3 is 2.75 bits per heavy atom. The fourth-order valence-corrected chi connectivity index (χ4v) is 3.16. The lowest BCUT2D eigenvalue weighted by molar-refractivity contribution is -0.132. The van der Waals surface area contributed by atoms with Crippen molar-refractivity contribution in [3.63, 3.8) is 0 Å². The van der Waals surface area contributed by atoms with Crippen LogP contribution in [0.3, 0.4) is 0 Å². The predicted octanol–water partition coefficient (Wildman–Crippen LogP) is 1.78. The predicted molar refractivity (Wildman–Crippen MR) is 65.2 cm³/mol. The molecule has 2 aliphatic rings. The van der Waals surface area contributed by atoms with E-state index in [2.05, 4.69) is 10.2 Å². The van der Waals surface area contributed by atoms with Crippen molar-refractivity contribution < 1.29 is 4.79 Å². The number of hydrogen-bond donors (Lipinski definition) is 1. The fourth-order valence-electron chi connectivity index (χ4n) is 3.16. The van der Waals surface area contributed by atoms with Crippen molar-refractivity contribution in [2.24, 2.45) is 5.92 Å². The highest BCUT2D eigenvalue weighted by molar-refractivity contribution is 5.73. The highest BCUT2D eigenvalue weighted by Gasteiger charge is 2.25. The van der Waals surface area contributed by atoms with E-state index in [1.54, 1.807) is 6.92 Å². The molecular formula is C13H24N2O. The third kappa shape index (κ3) is 2.97. The topological polar surface area (TPSA) is 32.3 Å². The van der Waals surface area contributed by atoms with Gasteiger partial charge in [0, 0.05) is 32.6 Å². The van der Waals surface area contributed by atoms with Crippen LogP contribution in [-0.4, -0.2) is 36.5 Å². The number of piperazine rings is 1. The Bertz CT molecular complexity index is 236. The first-order valence-electron chi connectivity index (χ1n) is 6.75. The number of hydrogen-bond acceptors (Lipinski definition) is 2. The van der Waals surface area contributed by atoms with Crippen molar-refractivity contribution in [1.29, 1.82) is 0 Å². The summed E-state index contributed by atoms with van der Waals surface area (Å²) in [6.07, 6.45) is 8.18. The monoisotopic (exact) mass is 224 g/mol. The molecule has 3 nitrogen and oxygen atoms in total. The van der Waals surface area contributed by atoms with Gasteiger partial charge in [0.05, 0.1) is 0 Å². The maximum atomic E-state index is 11.5. The summed E-state index contributed by atoms with van der Waals surface area (Å²) in [5.74, 6) is 1.19. The van der Waals surface area contributed by atoms with Crippen LogP contribution < -0.4 is 5.32 Å². The van der Waals surface area contributed by atoms with Crippen LogP contribution in [0.1, 0.15) is 45.4 Å². The zero-order chi connectivity index (χ0) is 11.4. The number of carbonyl (C=O) groups is 1. The van der Waals surface area contributed by atoms with Gasteiger partial charge in [-0.1, -0.05) is 25.7 Å². The van der Waals surface area contributed by atoms with Gasteiger partial charge >= 0.3 is 0 Å². The lowest BCUT2D eigenvalue weighted by atomic mass is 9.97. The first-order chi connectivity index (χ1) is 7.77. The third-order valence-electron chi connectivity index (χ3n) is 4.14. The van der Waals surface area contributed by atoms with E-state index in [1.807, 2.05) is 0 Å². The van der Waals surface area contributed by atoms with Gasteiger partial charge in [0.15, 0.2) is 0 Å². The van der Waals surface area contributed by atoms with E-state index >= 15 is 0 Å². The van der Waals surface area contributed by atoms with Crippen molar-refractivity contribution in [3.05, 3.63) is 0 Å². The van der Waals surface area contributed by atoms with Crippen LogP contribution in [0.5, 0.6) is 0 Å². The van der Waals surface area contributed by atoms with Crippen LogP contribution in [0.2, 0.25) is 0 Å². The second-order valence-electron chi connectivity index (χ2n) is 5.30. The number of nitrogens with zero attached hydrogens (tertiary/aromatic N) is 1. The van der Waals surface area contributed by atoms with Crippen LogP contribution in [0.15, 0.2) is 0 Å². The summed E-state index contributed by atoms with van der Waals surface area (Å²) in [4.78, 5) is 13.6. The number of carbonyl (C=O) groups excluding carboxylic acids is 1. The molecule has 0 radical (unpaired) electrons. The number of amides is 1. The smallest absolute Gasteiger partial charge is 0.219 e. The van der Waals surface area contributed by atoms with E-state index in [1.165, 1.54) is 38.5 Å². The molecule has 0 spiro atoms. The van der Waals surface area contributed by atoms with Crippen LogP contribution >= 0.6 is 0 Å². The summed E-state index contributed by atoms with van der Waals surface area (Å²) >= 11 is 0. The standard InChI is InChI=1S/C13H24N2O/c1-11(16)15-9-8-14-10-13(15)7-6-12-4-2-3-5-12/h12-14H,2-10H2,1H3. The van der Waals surface area contributed by atoms with Gasteiger partial charge in [-0.15, -0.1) is 0 Å². The van der Waals surface area contributed by atoms with Gasteiger partial charge in [-0.25, -0.2) is 0 Å². The van der Waals surface area contributed by atoms with E-state index in [-0.39, 0.29) is 5.91 Å². The highest BCUT2D eigenvalue weighted by atomic mass is 16.2. The molecule has 1 aliphatic heterocycles. The summed E-state index contributed by atoms with van der Waals surface area (Å²) in [5, 5.41) is 3.40. The summed E-state index contributed by atoms with van der Waals surface area (Å²) in [6, 6.07) is 0.451. The zero-order valence-corrected chi connectivity index (χ0v) is 10.4. The lowest BCUT2D eigenvalue weighted by Crippen LogP contribution is -2.53. The van der Waals surface area contributed by atoms with Crippen molar-refractivity contribution in [2.45, 2.75) is 51.5 Å². The molecule has 0 aromatic heterocycles. The summed E-state index contributed by atoms with van der Waals surface area (Å²) < 4.78 is 0. The second kappa shape index (κ2) is 5.67. The minimum absolute atomic E-state index is 0.248. The summed E-state index contributed by atoms with van der Waals surface area (Å²) in [5.41, 5.74) is 0. The van der Waals surface area contributed by atoms with Crippen molar-refractivity contribution >= 4 is 5.91 Å². The summed E-state index contributed by atoms with van der Waals surface area (Å²) in [7, 11) is 0. The minimum atomic E-state index is 0.248. The molecule has 2 fully saturated rings. The molecule has 16 heavy (non-hydrogen) atoms. The Morgan fingerprint density at radius 2 is 2.06 bits per heavy atom. The largest absolute Gasteiger partial charge is 0.337 e. The van der Waals surface area contributed by atoms with Crippen LogP contribution in [0, 0.1) is 5.92 Å². The van der Waals surface area contributed by atoms with Crippen LogP contribution in [-0.2, 0) is 4.79 Å². The number of nitrogens with one attached hydrogen (secondary N) is 1. The van der Waals surface area contributed by atoms with E-state index in [9.17, 15) is 4.79 Å². The van der Waals surface area contributed by atoms with Crippen LogP contribution in [0.4, 0.5) is 0 Å². The van der Waals surface area contributed by atoms with Crippen LogP contribution in [0.25, 0.3) is 0 Å². The molecule has 1 N–H and O–H groups in total. The molecule has 1 unspecified atom stereocenters. The normalized spacial score (nSPS) is 27.3. The number of rotatable bonds is 3.